The molecule has 0 amide bonds. The number of aryl methyl sites for hydroxylation is 1. The lowest BCUT2D eigenvalue weighted by molar-refractivity contribution is 0.317. The molecule has 0 aliphatic heterocycles. The summed E-state index contributed by atoms with van der Waals surface area (Å²) in [6, 6.07) is 11.5. The van der Waals surface area contributed by atoms with Gasteiger partial charge in [-0.05, 0) is 49.2 Å². The van der Waals surface area contributed by atoms with Gasteiger partial charge in [-0.3, -0.25) is 4.79 Å². The van der Waals surface area contributed by atoms with Crippen LogP contribution >= 0.6 is 11.3 Å². The summed E-state index contributed by atoms with van der Waals surface area (Å²) in [7, 11) is 0. The number of rotatable bonds is 6. The first-order valence-corrected chi connectivity index (χ1v) is 8.88. The van der Waals surface area contributed by atoms with Crippen molar-refractivity contribution in [2.75, 3.05) is 6.61 Å². The van der Waals surface area contributed by atoms with Crippen LogP contribution in [0, 0.1) is 6.92 Å². The molecule has 3 rings (SSSR count). The highest BCUT2D eigenvalue weighted by Crippen LogP contribution is 2.24. The highest BCUT2D eigenvalue weighted by atomic mass is 32.1. The molecule has 0 saturated carbocycles. The second kappa shape index (κ2) is 7.45. The molecule has 0 N–H and O–H groups in total. The van der Waals surface area contributed by atoms with Gasteiger partial charge < -0.3 is 9.30 Å². The molecule has 0 bridgehead atoms. The largest absolute Gasteiger partial charge is 0.494 e. The van der Waals surface area contributed by atoms with Crippen LogP contribution in [0.3, 0.4) is 0 Å². The summed E-state index contributed by atoms with van der Waals surface area (Å²) >= 11 is 1.57. The maximum atomic E-state index is 12.0. The Morgan fingerprint density at radius 3 is 2.71 bits per heavy atom. The van der Waals surface area contributed by atoms with Crippen LogP contribution in [0.1, 0.15) is 23.9 Å². The molecular weight excluding hydrogens is 320 g/mol. The van der Waals surface area contributed by atoms with E-state index < -0.39 is 0 Å². The summed E-state index contributed by atoms with van der Waals surface area (Å²) in [4.78, 5) is 16.6. The Labute approximate surface area is 145 Å². The molecule has 2 heterocycles. The summed E-state index contributed by atoms with van der Waals surface area (Å²) in [5, 5.41) is 2.94. The van der Waals surface area contributed by atoms with Crippen molar-refractivity contribution in [2.24, 2.45) is 0 Å². The molecule has 0 unspecified atom stereocenters. The average Bonchev–Trinajstić information content (AvgIpc) is 3.05. The normalized spacial score (nSPS) is 10.8. The zero-order valence-electron chi connectivity index (χ0n) is 13.9. The van der Waals surface area contributed by atoms with Crippen LogP contribution in [0.2, 0.25) is 0 Å². The Bertz CT molecular complexity index is 866. The number of hydrogen-bond acceptors (Lipinski definition) is 4. The van der Waals surface area contributed by atoms with E-state index in [2.05, 4.69) is 11.9 Å². The van der Waals surface area contributed by atoms with Gasteiger partial charge in [0.1, 0.15) is 10.8 Å². The first-order valence-electron chi connectivity index (χ1n) is 8.00. The molecule has 0 fully saturated rings. The van der Waals surface area contributed by atoms with E-state index in [-0.39, 0.29) is 5.56 Å². The van der Waals surface area contributed by atoms with Crippen molar-refractivity contribution >= 4 is 11.3 Å². The fourth-order valence-electron chi connectivity index (χ4n) is 2.34. The number of aromatic nitrogens is 2. The number of pyridine rings is 1. The smallest absolute Gasteiger partial charge is 0.251 e. The second-order valence-electron chi connectivity index (χ2n) is 5.67. The van der Waals surface area contributed by atoms with E-state index in [4.69, 9.17) is 4.74 Å². The maximum Gasteiger partial charge on any atom is 0.251 e. The highest BCUT2D eigenvalue weighted by Gasteiger charge is 2.06. The summed E-state index contributed by atoms with van der Waals surface area (Å²) < 4.78 is 7.28. The Morgan fingerprint density at radius 1 is 1.21 bits per heavy atom. The van der Waals surface area contributed by atoms with Crippen LogP contribution in [-0.2, 0) is 6.54 Å². The van der Waals surface area contributed by atoms with Crippen molar-refractivity contribution in [3.63, 3.8) is 0 Å². The van der Waals surface area contributed by atoms with E-state index in [1.807, 2.05) is 48.8 Å². The van der Waals surface area contributed by atoms with Crippen LogP contribution in [0.5, 0.6) is 5.75 Å². The van der Waals surface area contributed by atoms with E-state index in [1.165, 1.54) is 0 Å². The van der Waals surface area contributed by atoms with Crippen molar-refractivity contribution in [1.82, 2.24) is 9.55 Å². The van der Waals surface area contributed by atoms with Crippen LogP contribution in [0.4, 0.5) is 0 Å². The van der Waals surface area contributed by atoms with Gasteiger partial charge in [0.2, 0.25) is 0 Å². The minimum Gasteiger partial charge on any atom is -0.494 e. The number of ether oxygens (including phenoxy) is 1. The van der Waals surface area contributed by atoms with Gasteiger partial charge in [-0.1, -0.05) is 6.92 Å². The third kappa shape index (κ3) is 3.92. The number of thiazole rings is 1. The quantitative estimate of drug-likeness (QED) is 0.678. The van der Waals surface area contributed by atoms with Crippen molar-refractivity contribution in [1.29, 1.82) is 0 Å². The van der Waals surface area contributed by atoms with Crippen LogP contribution in [0.25, 0.3) is 11.3 Å². The van der Waals surface area contributed by atoms with Crippen LogP contribution in [0.15, 0.2) is 52.8 Å². The third-order valence-electron chi connectivity index (χ3n) is 3.63. The highest BCUT2D eigenvalue weighted by molar-refractivity contribution is 7.09. The monoisotopic (exact) mass is 340 g/mol. The molecular formula is C19H20N2O2S. The minimum absolute atomic E-state index is 0.00387. The number of nitrogens with zero attached hydrogens (tertiary/aromatic N) is 2. The predicted octanol–water partition coefficient (Wildman–Crippen LogP) is 4.12. The molecule has 3 aromatic rings. The molecule has 0 atom stereocenters. The zero-order chi connectivity index (χ0) is 16.9. The molecule has 2 aromatic heterocycles. The van der Waals surface area contributed by atoms with Crippen molar-refractivity contribution in [3.05, 3.63) is 68.9 Å². The molecule has 0 radical (unpaired) electrons. The lowest BCUT2D eigenvalue weighted by Crippen LogP contribution is -2.19. The first kappa shape index (κ1) is 16.5. The first-order chi connectivity index (χ1) is 11.7. The van der Waals surface area contributed by atoms with Gasteiger partial charge in [0.25, 0.3) is 5.56 Å². The zero-order valence-corrected chi connectivity index (χ0v) is 14.7. The number of hydrogen-bond donors (Lipinski definition) is 0. The molecule has 0 spiro atoms. The van der Waals surface area contributed by atoms with Gasteiger partial charge in [0, 0.05) is 23.2 Å². The summed E-state index contributed by atoms with van der Waals surface area (Å²) in [5.74, 6) is 0.877. The number of benzene rings is 1. The minimum atomic E-state index is 0.00387. The molecule has 24 heavy (non-hydrogen) atoms. The van der Waals surface area contributed by atoms with Gasteiger partial charge in [0.15, 0.2) is 0 Å². The Hall–Kier alpha value is -2.40. The summed E-state index contributed by atoms with van der Waals surface area (Å²) in [5.41, 5.74) is 2.96. The Balaban J connectivity index is 1.74. The topological polar surface area (TPSA) is 44.1 Å². The van der Waals surface area contributed by atoms with E-state index in [9.17, 15) is 4.79 Å². The molecule has 0 aliphatic rings. The second-order valence-corrected chi connectivity index (χ2v) is 6.61. The lowest BCUT2D eigenvalue weighted by atomic mass is 10.2. The van der Waals surface area contributed by atoms with Crippen molar-refractivity contribution < 1.29 is 4.74 Å². The van der Waals surface area contributed by atoms with Crippen LogP contribution in [-0.4, -0.2) is 16.2 Å². The van der Waals surface area contributed by atoms with Crippen molar-refractivity contribution in [2.45, 2.75) is 26.8 Å². The summed E-state index contributed by atoms with van der Waals surface area (Å²) in [6.45, 7) is 5.23. The summed E-state index contributed by atoms with van der Waals surface area (Å²) in [6.07, 6.45) is 2.81. The molecule has 4 nitrogen and oxygen atoms in total. The third-order valence-corrected chi connectivity index (χ3v) is 4.47. The van der Waals surface area contributed by atoms with E-state index in [0.29, 0.717) is 6.54 Å². The Kier molecular flexibility index (Phi) is 5.11. The van der Waals surface area contributed by atoms with Gasteiger partial charge in [-0.2, -0.15) is 0 Å². The van der Waals surface area contributed by atoms with Crippen molar-refractivity contribution in [3.8, 4) is 17.0 Å². The van der Waals surface area contributed by atoms with Gasteiger partial charge in [0.05, 0.1) is 18.8 Å². The van der Waals surface area contributed by atoms with E-state index in [1.54, 1.807) is 22.0 Å². The Morgan fingerprint density at radius 2 is 2.00 bits per heavy atom. The molecule has 0 saturated heterocycles. The van der Waals surface area contributed by atoms with Gasteiger partial charge in [-0.15, -0.1) is 11.3 Å². The lowest BCUT2D eigenvalue weighted by Gasteiger charge is -2.05. The molecule has 1 aromatic carbocycles. The SMILES string of the molecule is CCCOc1ccc(-c2csc(Cn3ccc(C)cc3=O)n2)cc1. The molecule has 5 heteroatoms. The fraction of sp³-hybridized carbons (Fsp3) is 0.263. The van der Waals surface area contributed by atoms with Crippen LogP contribution < -0.4 is 10.3 Å². The average molecular weight is 340 g/mol. The van der Waals surface area contributed by atoms with Gasteiger partial charge >= 0.3 is 0 Å². The van der Waals surface area contributed by atoms with E-state index >= 15 is 0 Å². The standard InChI is InChI=1S/C19H20N2O2S/c1-3-10-23-16-6-4-15(5-7-16)17-13-24-18(20-17)12-21-9-8-14(2)11-19(21)22/h4-9,11,13H,3,10,12H2,1-2H3. The molecule has 0 aliphatic carbocycles. The predicted molar refractivity (Wildman–Crippen MR) is 97.9 cm³/mol. The molecule has 124 valence electrons. The maximum absolute atomic E-state index is 12.0. The van der Waals surface area contributed by atoms with Gasteiger partial charge in [-0.25, -0.2) is 4.98 Å². The fourth-order valence-corrected chi connectivity index (χ4v) is 3.14. The van der Waals surface area contributed by atoms with E-state index in [0.717, 1.165) is 40.6 Å².